The lowest BCUT2D eigenvalue weighted by Gasteiger charge is -2.34. The fourth-order valence-corrected chi connectivity index (χ4v) is 3.48. The van der Waals surface area contributed by atoms with E-state index in [-0.39, 0.29) is 11.9 Å². The Morgan fingerprint density at radius 2 is 2.17 bits per heavy atom. The molecule has 128 valence electrons. The number of amides is 1. The molecular formula is C18H22ClN3O2. The summed E-state index contributed by atoms with van der Waals surface area (Å²) in [5, 5.41) is 4.54. The fraction of sp³-hybridized carbons (Fsp3) is 0.444. The largest absolute Gasteiger partial charge is 0.361 e. The number of carbonyl (C=O) groups excluding carboxylic acids is 1. The molecule has 2 aromatic rings. The number of benzene rings is 1. The van der Waals surface area contributed by atoms with E-state index in [4.69, 9.17) is 21.9 Å². The highest BCUT2D eigenvalue weighted by Gasteiger charge is 2.28. The molecule has 1 amide bonds. The minimum atomic E-state index is -0.0614. The van der Waals surface area contributed by atoms with Gasteiger partial charge in [-0.25, -0.2) is 0 Å². The smallest absolute Gasteiger partial charge is 0.276 e. The number of hydrogen-bond donors (Lipinski definition) is 1. The Hall–Kier alpha value is -1.85. The summed E-state index contributed by atoms with van der Waals surface area (Å²) in [5.41, 5.74) is 7.94. The van der Waals surface area contributed by atoms with E-state index in [0.717, 1.165) is 29.8 Å². The van der Waals surface area contributed by atoms with Crippen molar-refractivity contribution in [1.82, 2.24) is 10.1 Å². The molecule has 1 fully saturated rings. The van der Waals surface area contributed by atoms with Crippen LogP contribution in [0.15, 0.2) is 34.9 Å². The number of carbonyl (C=O) groups is 1. The van der Waals surface area contributed by atoms with Crippen LogP contribution < -0.4 is 5.73 Å². The van der Waals surface area contributed by atoms with Crippen LogP contribution in [0, 0.1) is 12.8 Å². The van der Waals surface area contributed by atoms with Gasteiger partial charge < -0.3 is 15.2 Å². The zero-order chi connectivity index (χ0) is 17.1. The van der Waals surface area contributed by atoms with Gasteiger partial charge in [0.2, 0.25) is 0 Å². The van der Waals surface area contributed by atoms with E-state index < -0.39 is 0 Å². The number of nitrogens with two attached hydrogens (primary N) is 1. The topological polar surface area (TPSA) is 72.4 Å². The fourth-order valence-electron chi connectivity index (χ4n) is 3.26. The number of nitrogens with zero attached hydrogens (tertiary/aromatic N) is 2. The summed E-state index contributed by atoms with van der Waals surface area (Å²) in [7, 11) is 0. The molecule has 1 atom stereocenters. The summed E-state index contributed by atoms with van der Waals surface area (Å²) in [4.78, 5) is 14.2. The van der Waals surface area contributed by atoms with Crippen molar-refractivity contribution >= 4 is 17.5 Å². The standard InChI is InChI=1S/C18H22ClN3O2/c1-12-9-17(21-24-12)18(23)22-7-5-14(6-8-22)16(20)11-13-3-2-4-15(19)10-13/h2-4,9-10,14,16H,5-8,11,20H2,1H3. The second-order valence-electron chi connectivity index (χ2n) is 6.45. The van der Waals surface area contributed by atoms with Crippen molar-refractivity contribution in [3.05, 3.63) is 52.4 Å². The van der Waals surface area contributed by atoms with Gasteiger partial charge in [-0.15, -0.1) is 0 Å². The zero-order valence-corrected chi connectivity index (χ0v) is 14.5. The quantitative estimate of drug-likeness (QED) is 0.922. The normalized spacial score (nSPS) is 17.0. The third kappa shape index (κ3) is 3.97. The summed E-state index contributed by atoms with van der Waals surface area (Å²) < 4.78 is 4.98. The van der Waals surface area contributed by atoms with Gasteiger partial charge in [-0.2, -0.15) is 0 Å². The second kappa shape index (κ2) is 7.36. The minimum absolute atomic E-state index is 0.0614. The van der Waals surface area contributed by atoms with Crippen molar-refractivity contribution < 1.29 is 9.32 Å². The van der Waals surface area contributed by atoms with Crippen LogP contribution in [-0.4, -0.2) is 35.1 Å². The Bertz CT molecular complexity index is 708. The molecule has 0 spiro atoms. The number of aryl methyl sites for hydroxylation is 1. The minimum Gasteiger partial charge on any atom is -0.361 e. The van der Waals surface area contributed by atoms with Gasteiger partial charge in [0.15, 0.2) is 5.69 Å². The average Bonchev–Trinajstić information content (AvgIpc) is 3.01. The Balaban J connectivity index is 1.53. The third-order valence-electron chi connectivity index (χ3n) is 4.64. The SMILES string of the molecule is Cc1cc(C(=O)N2CCC(C(N)Cc3cccc(Cl)c3)CC2)no1. The molecule has 1 aromatic heterocycles. The summed E-state index contributed by atoms with van der Waals surface area (Å²) in [6, 6.07) is 9.59. The summed E-state index contributed by atoms with van der Waals surface area (Å²) >= 11 is 6.03. The molecule has 1 aliphatic heterocycles. The third-order valence-corrected chi connectivity index (χ3v) is 4.87. The first kappa shape index (κ1) is 17.0. The molecule has 0 aliphatic carbocycles. The zero-order valence-electron chi connectivity index (χ0n) is 13.7. The van der Waals surface area contributed by atoms with Gasteiger partial charge in [0.1, 0.15) is 5.76 Å². The lowest BCUT2D eigenvalue weighted by atomic mass is 9.86. The molecule has 1 aliphatic rings. The van der Waals surface area contributed by atoms with Crippen LogP contribution in [0.2, 0.25) is 5.02 Å². The van der Waals surface area contributed by atoms with Gasteiger partial charge in [0.05, 0.1) is 0 Å². The van der Waals surface area contributed by atoms with Crippen molar-refractivity contribution in [1.29, 1.82) is 0 Å². The van der Waals surface area contributed by atoms with Crippen LogP contribution in [0.3, 0.4) is 0 Å². The molecule has 0 radical (unpaired) electrons. The van der Waals surface area contributed by atoms with Crippen LogP contribution in [0.4, 0.5) is 0 Å². The van der Waals surface area contributed by atoms with Gasteiger partial charge in [-0.1, -0.05) is 28.9 Å². The van der Waals surface area contributed by atoms with Crippen molar-refractivity contribution in [2.24, 2.45) is 11.7 Å². The first-order valence-corrected chi connectivity index (χ1v) is 8.63. The van der Waals surface area contributed by atoms with Crippen molar-refractivity contribution in [3.63, 3.8) is 0 Å². The van der Waals surface area contributed by atoms with E-state index in [1.54, 1.807) is 13.0 Å². The molecule has 1 saturated heterocycles. The highest BCUT2D eigenvalue weighted by atomic mass is 35.5. The van der Waals surface area contributed by atoms with Gasteiger partial charge in [-0.3, -0.25) is 4.79 Å². The summed E-state index contributed by atoms with van der Waals surface area (Å²) in [6.45, 7) is 3.20. The number of halogens is 1. The predicted molar refractivity (Wildman–Crippen MR) is 93.0 cm³/mol. The lowest BCUT2D eigenvalue weighted by Crippen LogP contribution is -2.44. The maximum atomic E-state index is 12.4. The van der Waals surface area contributed by atoms with Crippen LogP contribution in [0.5, 0.6) is 0 Å². The number of rotatable bonds is 4. The average molecular weight is 348 g/mol. The molecule has 2 N–H and O–H groups in total. The molecule has 1 unspecified atom stereocenters. The Labute approximate surface area is 146 Å². The maximum Gasteiger partial charge on any atom is 0.276 e. The molecule has 2 heterocycles. The van der Waals surface area contributed by atoms with Gasteiger partial charge in [0, 0.05) is 30.2 Å². The predicted octanol–water partition coefficient (Wildman–Crippen LogP) is 3.06. The Morgan fingerprint density at radius 1 is 1.42 bits per heavy atom. The van der Waals surface area contributed by atoms with Gasteiger partial charge >= 0.3 is 0 Å². The number of likely N-dealkylation sites (tertiary alicyclic amines) is 1. The first-order chi connectivity index (χ1) is 11.5. The Kier molecular flexibility index (Phi) is 5.21. The maximum absolute atomic E-state index is 12.4. The van der Waals surface area contributed by atoms with Crippen molar-refractivity contribution in [2.45, 2.75) is 32.2 Å². The first-order valence-electron chi connectivity index (χ1n) is 8.25. The summed E-state index contributed by atoms with van der Waals surface area (Å²) in [6.07, 6.45) is 2.62. The van der Waals surface area contributed by atoms with Gasteiger partial charge in [0.25, 0.3) is 5.91 Å². The highest BCUT2D eigenvalue weighted by molar-refractivity contribution is 6.30. The van der Waals surface area contributed by atoms with Crippen molar-refractivity contribution in [3.8, 4) is 0 Å². The lowest BCUT2D eigenvalue weighted by molar-refractivity contribution is 0.0667. The highest BCUT2D eigenvalue weighted by Crippen LogP contribution is 2.24. The monoisotopic (exact) mass is 347 g/mol. The second-order valence-corrected chi connectivity index (χ2v) is 6.89. The van der Waals surface area contributed by atoms with E-state index in [0.29, 0.717) is 30.5 Å². The van der Waals surface area contributed by atoms with E-state index in [2.05, 4.69) is 11.2 Å². The van der Waals surface area contributed by atoms with E-state index in [9.17, 15) is 4.79 Å². The molecule has 5 nitrogen and oxygen atoms in total. The molecule has 1 aromatic carbocycles. The van der Waals surface area contributed by atoms with Gasteiger partial charge in [-0.05, 0) is 49.8 Å². The van der Waals surface area contributed by atoms with E-state index in [1.807, 2.05) is 23.1 Å². The van der Waals surface area contributed by atoms with Crippen molar-refractivity contribution in [2.75, 3.05) is 13.1 Å². The molecule has 3 rings (SSSR count). The number of hydrogen-bond acceptors (Lipinski definition) is 4. The molecule has 6 heteroatoms. The van der Waals surface area contributed by atoms with E-state index >= 15 is 0 Å². The molecular weight excluding hydrogens is 326 g/mol. The number of piperidine rings is 1. The number of aromatic nitrogens is 1. The molecule has 0 saturated carbocycles. The molecule has 0 bridgehead atoms. The van der Waals surface area contributed by atoms with Crippen LogP contribution in [0.25, 0.3) is 0 Å². The summed E-state index contributed by atoms with van der Waals surface area (Å²) in [5.74, 6) is 0.998. The Morgan fingerprint density at radius 3 is 2.79 bits per heavy atom. The molecule has 24 heavy (non-hydrogen) atoms. The van der Waals surface area contributed by atoms with Crippen LogP contribution in [0.1, 0.15) is 34.7 Å². The van der Waals surface area contributed by atoms with E-state index in [1.165, 1.54) is 0 Å². The van der Waals surface area contributed by atoms with Crippen LogP contribution in [-0.2, 0) is 6.42 Å². The van der Waals surface area contributed by atoms with Crippen LogP contribution >= 0.6 is 11.6 Å².